The molecule has 1 fully saturated rings. The zero-order chi connectivity index (χ0) is 18.1. The summed E-state index contributed by atoms with van der Waals surface area (Å²) < 4.78 is 10.2. The Balaban J connectivity index is 1.95. The van der Waals surface area contributed by atoms with Crippen LogP contribution in [0.1, 0.15) is 42.1 Å². The normalized spacial score (nSPS) is 14.1. The quantitative estimate of drug-likeness (QED) is 0.545. The smallest absolute Gasteiger partial charge is 0.253 e. The van der Waals surface area contributed by atoms with Gasteiger partial charge in [0.15, 0.2) is 0 Å². The molecule has 0 bridgehead atoms. The lowest BCUT2D eigenvalue weighted by atomic mass is 10.1. The second-order valence-electron chi connectivity index (χ2n) is 6.62. The first kappa shape index (κ1) is 19.9. The van der Waals surface area contributed by atoms with E-state index in [0.717, 1.165) is 31.1 Å². The van der Waals surface area contributed by atoms with Crippen molar-refractivity contribution in [1.82, 2.24) is 9.80 Å². The molecule has 0 N–H and O–H groups in total. The highest BCUT2D eigenvalue weighted by Crippen LogP contribution is 2.27. The van der Waals surface area contributed by atoms with Gasteiger partial charge in [0, 0.05) is 52.1 Å². The summed E-state index contributed by atoms with van der Waals surface area (Å²) >= 11 is 0. The van der Waals surface area contributed by atoms with Gasteiger partial charge in [-0.15, -0.1) is 0 Å². The number of methoxy groups -OCH3 is 2. The van der Waals surface area contributed by atoms with Gasteiger partial charge in [0.2, 0.25) is 0 Å². The zero-order valence-corrected chi connectivity index (χ0v) is 15.9. The van der Waals surface area contributed by atoms with Crippen molar-refractivity contribution < 1.29 is 14.3 Å². The highest BCUT2D eigenvalue weighted by Gasteiger charge is 2.27. The first-order valence-corrected chi connectivity index (χ1v) is 9.29. The molecule has 0 aliphatic heterocycles. The van der Waals surface area contributed by atoms with Gasteiger partial charge in [-0.2, -0.15) is 0 Å². The van der Waals surface area contributed by atoms with Gasteiger partial charge in [-0.3, -0.25) is 9.69 Å². The van der Waals surface area contributed by atoms with Crippen LogP contribution in [0, 0.1) is 0 Å². The molecular weight excluding hydrogens is 316 g/mol. The van der Waals surface area contributed by atoms with Crippen molar-refractivity contribution in [3.8, 4) is 0 Å². The van der Waals surface area contributed by atoms with Crippen LogP contribution in [0.3, 0.4) is 0 Å². The Kier molecular flexibility index (Phi) is 8.38. The summed E-state index contributed by atoms with van der Waals surface area (Å²) in [4.78, 5) is 17.1. The van der Waals surface area contributed by atoms with Gasteiger partial charge in [0.25, 0.3) is 5.91 Å². The van der Waals surface area contributed by atoms with Gasteiger partial charge in [0.05, 0.1) is 6.61 Å². The van der Waals surface area contributed by atoms with Crippen LogP contribution in [0.4, 0.5) is 0 Å². The van der Waals surface area contributed by atoms with Crippen LogP contribution >= 0.6 is 0 Å². The van der Waals surface area contributed by atoms with E-state index in [2.05, 4.69) is 24.0 Å². The van der Waals surface area contributed by atoms with Gasteiger partial charge in [0.1, 0.15) is 0 Å². The van der Waals surface area contributed by atoms with E-state index in [0.29, 0.717) is 26.3 Å². The largest absolute Gasteiger partial charge is 0.385 e. The van der Waals surface area contributed by atoms with E-state index >= 15 is 0 Å². The standard InChI is InChI=1S/C20H32N2O3/c1-4-21(19-10-11-19)16-17-6-8-18(9-7-17)20(23)22(13-15-25-3)12-5-14-24-2/h6-9,19H,4-5,10-16H2,1-3H3. The van der Waals surface area contributed by atoms with E-state index in [1.54, 1.807) is 14.2 Å². The van der Waals surface area contributed by atoms with Crippen molar-refractivity contribution in [2.45, 2.75) is 38.8 Å². The molecule has 140 valence electrons. The Morgan fingerprint density at radius 3 is 2.32 bits per heavy atom. The number of amides is 1. The average Bonchev–Trinajstić information content (AvgIpc) is 3.47. The average molecular weight is 348 g/mol. The number of nitrogens with zero attached hydrogens (tertiary/aromatic N) is 2. The molecule has 2 rings (SSSR count). The summed E-state index contributed by atoms with van der Waals surface area (Å²) in [6, 6.07) is 8.84. The third-order valence-electron chi connectivity index (χ3n) is 4.69. The SMILES string of the molecule is CCN(Cc1ccc(C(=O)N(CCCOC)CCOC)cc1)C1CC1. The van der Waals surface area contributed by atoms with Crippen molar-refractivity contribution >= 4 is 5.91 Å². The fraction of sp³-hybridized carbons (Fsp3) is 0.650. The Labute approximate surface area is 151 Å². The number of rotatable bonds is 12. The van der Waals surface area contributed by atoms with E-state index in [1.165, 1.54) is 18.4 Å². The van der Waals surface area contributed by atoms with Crippen molar-refractivity contribution in [1.29, 1.82) is 0 Å². The number of ether oxygens (including phenoxy) is 2. The van der Waals surface area contributed by atoms with Crippen LogP contribution in [-0.2, 0) is 16.0 Å². The van der Waals surface area contributed by atoms with E-state index in [9.17, 15) is 4.79 Å². The van der Waals surface area contributed by atoms with Crippen LogP contribution in [0.2, 0.25) is 0 Å². The maximum atomic E-state index is 12.8. The van der Waals surface area contributed by atoms with Gasteiger partial charge in [-0.05, 0) is 43.5 Å². The van der Waals surface area contributed by atoms with E-state index in [1.807, 2.05) is 17.0 Å². The number of hydrogen-bond acceptors (Lipinski definition) is 4. The maximum absolute atomic E-state index is 12.8. The summed E-state index contributed by atoms with van der Waals surface area (Å²) in [7, 11) is 3.34. The molecule has 5 heteroatoms. The lowest BCUT2D eigenvalue weighted by Crippen LogP contribution is -2.35. The predicted molar refractivity (Wildman–Crippen MR) is 99.8 cm³/mol. The van der Waals surface area contributed by atoms with Crippen LogP contribution in [0.15, 0.2) is 24.3 Å². The molecule has 5 nitrogen and oxygen atoms in total. The summed E-state index contributed by atoms with van der Waals surface area (Å²) in [6.07, 6.45) is 3.47. The molecule has 0 spiro atoms. The second-order valence-corrected chi connectivity index (χ2v) is 6.62. The Hall–Kier alpha value is -1.43. The zero-order valence-electron chi connectivity index (χ0n) is 15.9. The molecule has 1 aromatic rings. The van der Waals surface area contributed by atoms with Crippen LogP contribution in [0.25, 0.3) is 0 Å². The molecule has 1 aromatic carbocycles. The molecule has 0 aromatic heterocycles. The molecule has 1 aliphatic carbocycles. The fourth-order valence-electron chi connectivity index (χ4n) is 3.02. The fourth-order valence-corrected chi connectivity index (χ4v) is 3.02. The molecule has 0 unspecified atom stereocenters. The molecule has 25 heavy (non-hydrogen) atoms. The highest BCUT2D eigenvalue weighted by molar-refractivity contribution is 5.94. The highest BCUT2D eigenvalue weighted by atomic mass is 16.5. The number of benzene rings is 1. The molecular formula is C20H32N2O3. The lowest BCUT2D eigenvalue weighted by Gasteiger charge is -2.23. The number of carbonyl (C=O) groups is 1. The Bertz CT molecular complexity index is 514. The number of carbonyl (C=O) groups excluding carboxylic acids is 1. The molecule has 0 heterocycles. The monoisotopic (exact) mass is 348 g/mol. The Morgan fingerprint density at radius 1 is 1.08 bits per heavy atom. The van der Waals surface area contributed by atoms with E-state index in [-0.39, 0.29) is 5.91 Å². The molecule has 0 radical (unpaired) electrons. The van der Waals surface area contributed by atoms with Crippen LogP contribution in [0.5, 0.6) is 0 Å². The first-order valence-electron chi connectivity index (χ1n) is 9.29. The molecule has 1 saturated carbocycles. The summed E-state index contributed by atoms with van der Waals surface area (Å²) in [5.41, 5.74) is 2.01. The molecule has 0 saturated heterocycles. The maximum Gasteiger partial charge on any atom is 0.253 e. The topological polar surface area (TPSA) is 42.0 Å². The second kappa shape index (κ2) is 10.5. The number of hydrogen-bond donors (Lipinski definition) is 0. The van der Waals surface area contributed by atoms with Gasteiger partial charge in [-0.1, -0.05) is 19.1 Å². The Morgan fingerprint density at radius 2 is 1.76 bits per heavy atom. The van der Waals surface area contributed by atoms with Crippen LogP contribution < -0.4 is 0 Å². The third kappa shape index (κ3) is 6.42. The van der Waals surface area contributed by atoms with Crippen molar-refractivity contribution in [3.05, 3.63) is 35.4 Å². The van der Waals surface area contributed by atoms with Crippen molar-refractivity contribution in [2.24, 2.45) is 0 Å². The summed E-state index contributed by atoms with van der Waals surface area (Å²) in [5, 5.41) is 0. The van der Waals surface area contributed by atoms with Gasteiger partial charge >= 0.3 is 0 Å². The van der Waals surface area contributed by atoms with E-state index in [4.69, 9.17) is 9.47 Å². The van der Waals surface area contributed by atoms with Crippen molar-refractivity contribution in [3.63, 3.8) is 0 Å². The minimum atomic E-state index is 0.0641. The third-order valence-corrected chi connectivity index (χ3v) is 4.69. The van der Waals surface area contributed by atoms with Gasteiger partial charge in [-0.25, -0.2) is 0 Å². The first-order chi connectivity index (χ1) is 12.2. The predicted octanol–water partition coefficient (Wildman–Crippen LogP) is 2.80. The van der Waals surface area contributed by atoms with Gasteiger partial charge < -0.3 is 14.4 Å². The summed E-state index contributed by atoms with van der Waals surface area (Å²) in [6.45, 7) is 6.75. The van der Waals surface area contributed by atoms with Crippen LogP contribution in [-0.4, -0.2) is 68.8 Å². The molecule has 0 atom stereocenters. The minimum Gasteiger partial charge on any atom is -0.385 e. The molecule has 1 amide bonds. The minimum absolute atomic E-state index is 0.0641. The summed E-state index contributed by atoms with van der Waals surface area (Å²) in [5.74, 6) is 0.0641. The lowest BCUT2D eigenvalue weighted by molar-refractivity contribution is 0.0674. The van der Waals surface area contributed by atoms with E-state index < -0.39 is 0 Å². The molecule has 1 aliphatic rings. The van der Waals surface area contributed by atoms with Crippen molar-refractivity contribution in [2.75, 3.05) is 47.1 Å².